The average molecular weight is 383 g/mol. The van der Waals surface area contributed by atoms with Gasteiger partial charge in [-0.05, 0) is 55.9 Å². The van der Waals surface area contributed by atoms with Crippen LogP contribution in [-0.2, 0) is 11.3 Å². The number of rotatable bonds is 6. The van der Waals surface area contributed by atoms with Crippen LogP contribution >= 0.6 is 0 Å². The number of phenolic OH excluding ortho intramolecular Hbond substituents is 2. The van der Waals surface area contributed by atoms with Crippen molar-refractivity contribution in [1.82, 2.24) is 4.98 Å². The Kier molecular flexibility index (Phi) is 4.55. The molecule has 0 amide bonds. The van der Waals surface area contributed by atoms with E-state index in [9.17, 15) is 15.3 Å². The van der Waals surface area contributed by atoms with E-state index in [1.807, 2.05) is 6.92 Å². The maximum absolute atomic E-state index is 10.6. The van der Waals surface area contributed by atoms with Gasteiger partial charge in [0.25, 0.3) is 0 Å². The van der Waals surface area contributed by atoms with Crippen LogP contribution in [0.1, 0.15) is 62.8 Å². The Balaban J connectivity index is 1.87. The van der Waals surface area contributed by atoms with E-state index in [0.29, 0.717) is 17.0 Å². The zero-order valence-electron chi connectivity index (χ0n) is 17.0. The van der Waals surface area contributed by atoms with Gasteiger partial charge in [-0.25, -0.2) is 0 Å². The molecule has 0 aliphatic carbocycles. The highest BCUT2D eigenvalue weighted by atomic mass is 16.6. The lowest BCUT2D eigenvalue weighted by molar-refractivity contribution is 0.280. The molecule has 4 N–H and O–H groups in total. The fourth-order valence-corrected chi connectivity index (χ4v) is 4.30. The van der Waals surface area contributed by atoms with Crippen molar-refractivity contribution in [3.63, 3.8) is 0 Å². The lowest BCUT2D eigenvalue weighted by Gasteiger charge is -2.13. The first-order valence-electron chi connectivity index (χ1n) is 10.1. The number of aromatic nitrogens is 1. The van der Waals surface area contributed by atoms with E-state index >= 15 is 0 Å². The minimum atomic E-state index is -0.242. The fraction of sp³-hybridized carbons (Fsp3) is 0.478. The molecule has 0 spiro atoms. The summed E-state index contributed by atoms with van der Waals surface area (Å²) in [6, 6.07) is 5.01. The number of fused-ring (bicyclic) bond motifs is 3. The average Bonchev–Trinajstić information content (AvgIpc) is 3.19. The Morgan fingerprint density at radius 3 is 2.64 bits per heavy atom. The molecule has 28 heavy (non-hydrogen) atoms. The van der Waals surface area contributed by atoms with Gasteiger partial charge in [-0.15, -0.1) is 0 Å². The van der Waals surface area contributed by atoms with Gasteiger partial charge >= 0.3 is 0 Å². The summed E-state index contributed by atoms with van der Waals surface area (Å²) in [6.45, 7) is 8.36. The van der Waals surface area contributed by atoms with E-state index in [4.69, 9.17) is 4.74 Å². The first-order chi connectivity index (χ1) is 13.3. The molecule has 0 radical (unpaired) electrons. The SMILES string of the molecule is CC[C@@H](C)CC[C@@]1(C)O[C@@H]1c1c(C)c(O)cc2c1[nH]c1c(O)ccc(CO)c12. The summed E-state index contributed by atoms with van der Waals surface area (Å²) in [6.07, 6.45) is 3.13. The number of aromatic hydroxyl groups is 2. The second-order valence-electron chi connectivity index (χ2n) is 8.50. The predicted molar refractivity (Wildman–Crippen MR) is 111 cm³/mol. The van der Waals surface area contributed by atoms with E-state index in [1.165, 1.54) is 0 Å². The molecule has 1 fully saturated rings. The van der Waals surface area contributed by atoms with Crippen molar-refractivity contribution in [2.24, 2.45) is 5.92 Å². The van der Waals surface area contributed by atoms with Crippen molar-refractivity contribution in [3.8, 4) is 11.5 Å². The summed E-state index contributed by atoms with van der Waals surface area (Å²) in [5.74, 6) is 0.988. The number of aliphatic hydroxyl groups is 1. The van der Waals surface area contributed by atoms with Crippen LogP contribution in [0.2, 0.25) is 0 Å². The van der Waals surface area contributed by atoms with E-state index in [2.05, 4.69) is 25.8 Å². The summed E-state index contributed by atoms with van der Waals surface area (Å²) in [7, 11) is 0. The maximum Gasteiger partial charge on any atom is 0.139 e. The van der Waals surface area contributed by atoms with Gasteiger partial charge in [0.15, 0.2) is 0 Å². The van der Waals surface area contributed by atoms with Crippen LogP contribution in [0.5, 0.6) is 11.5 Å². The van der Waals surface area contributed by atoms with Crippen LogP contribution in [0.15, 0.2) is 18.2 Å². The van der Waals surface area contributed by atoms with E-state index in [-0.39, 0.29) is 29.8 Å². The molecule has 5 nitrogen and oxygen atoms in total. The summed E-state index contributed by atoms with van der Waals surface area (Å²) in [5, 5.41) is 32.3. The van der Waals surface area contributed by atoms with E-state index in [1.54, 1.807) is 18.2 Å². The minimum absolute atomic E-state index is 0.0982. The first kappa shape index (κ1) is 19.1. The van der Waals surface area contributed by atoms with Crippen molar-refractivity contribution in [3.05, 3.63) is 34.9 Å². The number of aliphatic hydroxyl groups excluding tert-OH is 1. The van der Waals surface area contributed by atoms with Gasteiger partial charge in [-0.2, -0.15) is 0 Å². The molecule has 1 saturated heterocycles. The summed E-state index contributed by atoms with van der Waals surface area (Å²) >= 11 is 0. The fourth-order valence-electron chi connectivity index (χ4n) is 4.30. The van der Waals surface area contributed by atoms with Gasteiger partial charge in [0.05, 0.1) is 23.2 Å². The van der Waals surface area contributed by atoms with Gasteiger partial charge in [0.2, 0.25) is 0 Å². The van der Waals surface area contributed by atoms with Gasteiger partial charge in [0, 0.05) is 16.3 Å². The molecule has 1 aliphatic heterocycles. The van der Waals surface area contributed by atoms with Crippen molar-refractivity contribution in [2.75, 3.05) is 0 Å². The van der Waals surface area contributed by atoms with Crippen molar-refractivity contribution < 1.29 is 20.1 Å². The largest absolute Gasteiger partial charge is 0.508 e. The standard InChI is InChI=1S/C23H29NO4/c1-5-12(2)8-9-23(4)22(28-23)18-13(3)17(27)10-15-19-14(11-25)6-7-16(26)21(19)24-20(15)18/h6-7,10,12,22,24-27H,5,8-9,11H2,1-4H3/t12-,22-,23-/m1/s1. The summed E-state index contributed by atoms with van der Waals surface area (Å²) in [5.41, 5.74) is 3.65. The van der Waals surface area contributed by atoms with Crippen LogP contribution in [-0.4, -0.2) is 25.9 Å². The third-order valence-electron chi connectivity index (χ3n) is 6.54. The second kappa shape index (κ2) is 6.68. The Morgan fingerprint density at radius 2 is 1.96 bits per heavy atom. The summed E-state index contributed by atoms with van der Waals surface area (Å²) in [4.78, 5) is 3.34. The first-order valence-corrected chi connectivity index (χ1v) is 10.1. The number of epoxide rings is 1. The van der Waals surface area contributed by atoms with Crippen LogP contribution < -0.4 is 0 Å². The van der Waals surface area contributed by atoms with Crippen LogP contribution in [0.3, 0.4) is 0 Å². The normalized spacial score (nSPS) is 22.8. The third-order valence-corrected chi connectivity index (χ3v) is 6.54. The Labute approximate surface area is 165 Å². The maximum atomic E-state index is 10.6. The predicted octanol–water partition coefficient (Wildman–Crippen LogP) is 5.19. The molecule has 3 atom stereocenters. The molecule has 150 valence electrons. The lowest BCUT2D eigenvalue weighted by atomic mass is 9.89. The van der Waals surface area contributed by atoms with Crippen LogP contribution in [0, 0.1) is 12.8 Å². The van der Waals surface area contributed by atoms with Gasteiger partial charge in [-0.1, -0.05) is 26.3 Å². The Bertz CT molecular complexity index is 1050. The Morgan fingerprint density at radius 1 is 1.21 bits per heavy atom. The number of hydrogen-bond acceptors (Lipinski definition) is 4. The number of phenols is 2. The number of hydrogen-bond donors (Lipinski definition) is 4. The topological polar surface area (TPSA) is 89.0 Å². The van der Waals surface area contributed by atoms with E-state index in [0.717, 1.165) is 46.7 Å². The zero-order chi connectivity index (χ0) is 20.2. The highest BCUT2D eigenvalue weighted by Gasteiger charge is 2.54. The molecule has 4 rings (SSSR count). The zero-order valence-corrected chi connectivity index (χ0v) is 17.0. The molecule has 1 aliphatic rings. The number of nitrogens with one attached hydrogen (secondary N) is 1. The molecule has 5 heteroatoms. The molecule has 0 saturated carbocycles. The monoisotopic (exact) mass is 383 g/mol. The van der Waals surface area contributed by atoms with Crippen LogP contribution in [0.4, 0.5) is 0 Å². The Hall–Kier alpha value is -2.24. The quantitative estimate of drug-likeness (QED) is 0.441. The molecule has 2 aromatic carbocycles. The minimum Gasteiger partial charge on any atom is -0.508 e. The molecule has 1 aromatic heterocycles. The highest BCUT2D eigenvalue weighted by Crippen LogP contribution is 2.56. The third kappa shape index (κ3) is 2.85. The van der Waals surface area contributed by atoms with Crippen molar-refractivity contribution >= 4 is 21.8 Å². The second-order valence-corrected chi connectivity index (χ2v) is 8.50. The van der Waals surface area contributed by atoms with Gasteiger partial charge in [0.1, 0.15) is 17.6 Å². The summed E-state index contributed by atoms with van der Waals surface area (Å²) < 4.78 is 6.17. The smallest absolute Gasteiger partial charge is 0.139 e. The lowest BCUT2D eigenvalue weighted by Crippen LogP contribution is -2.09. The van der Waals surface area contributed by atoms with Gasteiger partial charge in [-0.3, -0.25) is 0 Å². The molecular formula is C23H29NO4. The number of H-pyrrole nitrogens is 1. The highest BCUT2D eigenvalue weighted by molar-refractivity contribution is 6.12. The molecule has 0 unspecified atom stereocenters. The number of ether oxygens (including phenoxy) is 1. The molecular weight excluding hydrogens is 354 g/mol. The molecule has 3 aromatic rings. The number of benzene rings is 2. The van der Waals surface area contributed by atoms with Crippen LogP contribution in [0.25, 0.3) is 21.8 Å². The van der Waals surface area contributed by atoms with Crippen molar-refractivity contribution in [2.45, 2.75) is 65.3 Å². The number of aromatic amines is 1. The van der Waals surface area contributed by atoms with E-state index < -0.39 is 0 Å². The van der Waals surface area contributed by atoms with Gasteiger partial charge < -0.3 is 25.0 Å². The molecule has 0 bridgehead atoms. The molecule has 2 heterocycles. The van der Waals surface area contributed by atoms with Crippen molar-refractivity contribution in [1.29, 1.82) is 0 Å².